The second-order valence-corrected chi connectivity index (χ2v) is 20.3. The van der Waals surface area contributed by atoms with E-state index in [9.17, 15) is 19.4 Å². The number of carbonyl (C=O) groups is 1. The first-order chi connectivity index (χ1) is 29.5. The van der Waals surface area contributed by atoms with Crippen molar-refractivity contribution in [1.29, 1.82) is 0 Å². The molecule has 3 atom stereocenters. The zero-order valence-corrected chi connectivity index (χ0v) is 41.8. The van der Waals surface area contributed by atoms with Gasteiger partial charge in [0.15, 0.2) is 0 Å². The number of hydrogen-bond donors (Lipinski definition) is 3. The zero-order chi connectivity index (χ0) is 45.0. The van der Waals surface area contributed by atoms with Crippen LogP contribution in [0.4, 0.5) is 0 Å². The lowest BCUT2D eigenvalue weighted by atomic mass is 10.0. The Kier molecular flexibility index (Phi) is 43.0. The molecule has 0 aliphatic carbocycles. The summed E-state index contributed by atoms with van der Waals surface area (Å²) in [5.41, 5.74) is 0. The number of likely N-dealkylation sites (N-methyl/N-ethyl adjacent to an activating group) is 1. The number of rotatable bonds is 47. The maximum Gasteiger partial charge on any atom is 0.472 e. The van der Waals surface area contributed by atoms with Crippen molar-refractivity contribution < 1.29 is 32.9 Å². The van der Waals surface area contributed by atoms with Crippen molar-refractivity contribution in [1.82, 2.24) is 5.32 Å². The van der Waals surface area contributed by atoms with E-state index in [2.05, 4.69) is 43.5 Å². The van der Waals surface area contributed by atoms with Gasteiger partial charge >= 0.3 is 7.82 Å². The number of amides is 1. The Morgan fingerprint density at radius 3 is 1.43 bits per heavy atom. The summed E-state index contributed by atoms with van der Waals surface area (Å²) < 4.78 is 23.7. The van der Waals surface area contributed by atoms with E-state index in [0.29, 0.717) is 17.4 Å². The third-order valence-corrected chi connectivity index (χ3v) is 12.6. The molecule has 9 heteroatoms. The Hall–Kier alpha value is -1.28. The van der Waals surface area contributed by atoms with E-state index in [-0.39, 0.29) is 19.1 Å². The SMILES string of the molecule is CC/C=C\C/C=C\CCCCCCCCCCCCCCCCC(=O)NC(COP(=O)(O)OCC[N+](C)(C)C)C(O)/C=C/CCCCCCCCCCCCCCCCCC. The van der Waals surface area contributed by atoms with Crippen molar-refractivity contribution in [2.45, 2.75) is 251 Å². The maximum absolute atomic E-state index is 12.9. The lowest BCUT2D eigenvalue weighted by molar-refractivity contribution is -0.870. The Morgan fingerprint density at radius 2 is 0.984 bits per heavy atom. The molecule has 0 spiro atoms. The molecular formula is C52H102N2O6P+. The smallest absolute Gasteiger partial charge is 0.387 e. The van der Waals surface area contributed by atoms with Crippen LogP contribution in [-0.4, -0.2) is 73.4 Å². The highest BCUT2D eigenvalue weighted by Gasteiger charge is 2.27. The molecule has 0 fully saturated rings. The zero-order valence-electron chi connectivity index (χ0n) is 40.9. The van der Waals surface area contributed by atoms with Crippen molar-refractivity contribution in [3.63, 3.8) is 0 Å². The van der Waals surface area contributed by atoms with E-state index >= 15 is 0 Å². The molecule has 0 bridgehead atoms. The van der Waals surface area contributed by atoms with Crippen LogP contribution < -0.4 is 5.32 Å². The van der Waals surface area contributed by atoms with Gasteiger partial charge in [-0.2, -0.15) is 0 Å². The average molecular weight is 882 g/mol. The third kappa shape index (κ3) is 46.5. The van der Waals surface area contributed by atoms with Crippen LogP contribution in [0.5, 0.6) is 0 Å². The molecule has 0 radical (unpaired) electrons. The Bertz CT molecular complexity index is 1090. The van der Waals surface area contributed by atoms with Gasteiger partial charge in [0.05, 0.1) is 39.9 Å². The van der Waals surface area contributed by atoms with Crippen LogP contribution in [-0.2, 0) is 18.4 Å². The van der Waals surface area contributed by atoms with Gasteiger partial charge in [0.2, 0.25) is 5.91 Å². The number of hydrogen-bond acceptors (Lipinski definition) is 5. The van der Waals surface area contributed by atoms with E-state index in [1.54, 1.807) is 6.08 Å². The molecule has 360 valence electrons. The molecule has 8 nitrogen and oxygen atoms in total. The number of quaternary nitrogens is 1. The second-order valence-electron chi connectivity index (χ2n) is 18.9. The summed E-state index contributed by atoms with van der Waals surface area (Å²) in [5.74, 6) is -0.176. The molecule has 1 amide bonds. The number of nitrogens with zero attached hydrogens (tertiary/aromatic N) is 1. The van der Waals surface area contributed by atoms with Crippen molar-refractivity contribution >= 4 is 13.7 Å². The maximum atomic E-state index is 12.9. The summed E-state index contributed by atoms with van der Waals surface area (Å²) in [5, 5.41) is 13.9. The fourth-order valence-electron chi connectivity index (χ4n) is 7.55. The molecule has 0 aliphatic rings. The minimum absolute atomic E-state index is 0.0623. The molecule has 0 saturated carbocycles. The van der Waals surface area contributed by atoms with Gasteiger partial charge in [-0.05, 0) is 44.9 Å². The molecule has 0 aromatic rings. The van der Waals surface area contributed by atoms with Gasteiger partial charge in [-0.3, -0.25) is 13.8 Å². The van der Waals surface area contributed by atoms with Crippen molar-refractivity contribution in [3.05, 3.63) is 36.5 Å². The lowest BCUT2D eigenvalue weighted by Crippen LogP contribution is -2.45. The minimum atomic E-state index is -4.34. The van der Waals surface area contributed by atoms with E-state index in [4.69, 9.17) is 9.05 Å². The van der Waals surface area contributed by atoms with Gasteiger partial charge in [0.25, 0.3) is 0 Å². The number of carbonyl (C=O) groups excluding carboxylic acids is 1. The molecule has 0 heterocycles. The summed E-state index contributed by atoms with van der Waals surface area (Å²) in [6.45, 7) is 4.74. The normalized spacial score (nSPS) is 14.4. The number of nitrogens with one attached hydrogen (secondary N) is 1. The summed E-state index contributed by atoms with van der Waals surface area (Å²) in [6.07, 6.45) is 55.1. The van der Waals surface area contributed by atoms with Crippen LogP contribution in [0.25, 0.3) is 0 Å². The quantitative estimate of drug-likeness (QED) is 0.0243. The molecular weight excluding hydrogens is 780 g/mol. The lowest BCUT2D eigenvalue weighted by Gasteiger charge is -2.25. The topological polar surface area (TPSA) is 105 Å². The number of phosphoric ester groups is 1. The summed E-state index contributed by atoms with van der Waals surface area (Å²) in [6, 6.07) is -0.845. The average Bonchev–Trinajstić information content (AvgIpc) is 3.21. The number of allylic oxidation sites excluding steroid dienone is 5. The molecule has 0 aliphatic heterocycles. The first-order valence-corrected chi connectivity index (χ1v) is 27.4. The molecule has 3 unspecified atom stereocenters. The van der Waals surface area contributed by atoms with Gasteiger partial charge in [-0.1, -0.05) is 224 Å². The van der Waals surface area contributed by atoms with Gasteiger partial charge in [0.1, 0.15) is 13.2 Å². The van der Waals surface area contributed by atoms with Gasteiger partial charge < -0.3 is 19.8 Å². The monoisotopic (exact) mass is 882 g/mol. The summed E-state index contributed by atoms with van der Waals surface area (Å²) in [7, 11) is 1.58. The standard InChI is InChI=1S/C52H101N2O6P/c1-6-8-10-12-14-16-18-20-22-24-26-27-28-30-32-34-36-38-40-42-44-46-52(56)53-50(49-60-61(57,58)59-48-47-54(3,4)5)51(55)45-43-41-39-37-35-33-31-29-25-23-21-19-17-15-13-11-9-7-2/h8,10,14,16,43,45,50-51,55H,6-7,9,11-13,15,17-42,44,46-49H2,1-5H3,(H-,53,56,57,58)/p+1/b10-8-,16-14-,45-43+. The molecule has 61 heavy (non-hydrogen) atoms. The van der Waals surface area contributed by atoms with Crippen LogP contribution in [0.15, 0.2) is 36.5 Å². The van der Waals surface area contributed by atoms with Crippen LogP contribution in [0, 0.1) is 0 Å². The van der Waals surface area contributed by atoms with Crippen LogP contribution >= 0.6 is 7.82 Å². The number of aliphatic hydroxyl groups excluding tert-OH is 1. The van der Waals surface area contributed by atoms with E-state index in [0.717, 1.165) is 51.4 Å². The van der Waals surface area contributed by atoms with Crippen LogP contribution in [0.3, 0.4) is 0 Å². The summed E-state index contributed by atoms with van der Waals surface area (Å²) >= 11 is 0. The number of aliphatic hydroxyl groups is 1. The number of unbranched alkanes of at least 4 members (excludes halogenated alkanes) is 30. The second kappa shape index (κ2) is 43.9. The molecule has 0 saturated heterocycles. The molecule has 3 N–H and O–H groups in total. The highest BCUT2D eigenvalue weighted by Crippen LogP contribution is 2.43. The van der Waals surface area contributed by atoms with E-state index < -0.39 is 20.0 Å². The van der Waals surface area contributed by atoms with E-state index in [1.165, 1.54) is 167 Å². The predicted molar refractivity (Wildman–Crippen MR) is 263 cm³/mol. The molecule has 0 aromatic heterocycles. The van der Waals surface area contributed by atoms with Gasteiger partial charge in [-0.15, -0.1) is 0 Å². The highest BCUT2D eigenvalue weighted by molar-refractivity contribution is 7.47. The predicted octanol–water partition coefficient (Wildman–Crippen LogP) is 15.0. The van der Waals surface area contributed by atoms with Crippen molar-refractivity contribution in [2.24, 2.45) is 0 Å². The van der Waals surface area contributed by atoms with Crippen LogP contribution in [0.1, 0.15) is 239 Å². The highest BCUT2D eigenvalue weighted by atomic mass is 31.2. The number of phosphoric acid groups is 1. The Balaban J connectivity index is 4.28. The van der Waals surface area contributed by atoms with E-state index in [1.807, 2.05) is 27.2 Å². The van der Waals surface area contributed by atoms with Gasteiger partial charge in [0, 0.05) is 6.42 Å². The van der Waals surface area contributed by atoms with Crippen LogP contribution in [0.2, 0.25) is 0 Å². The fraction of sp³-hybridized carbons (Fsp3) is 0.865. The van der Waals surface area contributed by atoms with Crippen molar-refractivity contribution in [2.75, 3.05) is 40.9 Å². The Morgan fingerprint density at radius 1 is 0.574 bits per heavy atom. The first-order valence-electron chi connectivity index (χ1n) is 25.9. The third-order valence-electron chi connectivity index (χ3n) is 11.6. The molecule has 0 aromatic carbocycles. The Labute approximate surface area is 378 Å². The van der Waals surface area contributed by atoms with Gasteiger partial charge in [-0.25, -0.2) is 4.57 Å². The minimum Gasteiger partial charge on any atom is -0.387 e. The fourth-order valence-corrected chi connectivity index (χ4v) is 8.29. The first kappa shape index (κ1) is 59.7. The largest absolute Gasteiger partial charge is 0.472 e. The summed E-state index contributed by atoms with van der Waals surface area (Å²) in [4.78, 5) is 23.2. The molecule has 0 rings (SSSR count). The van der Waals surface area contributed by atoms with Crippen molar-refractivity contribution in [3.8, 4) is 0 Å².